The smallest absolute Gasteiger partial charge is 0.325 e. The molecule has 6 nitrogen and oxygen atoms in total. The minimum Gasteiger partial charge on any atom is -0.334 e. The number of benzene rings is 1. The number of carbonyl (C=O) groups is 3. The standard InChI is InChI=1S/C20H24BrN3O3/c1-13(24-18(26)20(22-19(24)27)9-2-3-10-20)17(25)23-11-5-8-16(23)14-6-4-7-15(21)12-14/h4,6-7,12-13,16H,2-3,5,8-11H2,1H3,(H,22,27). The lowest BCUT2D eigenvalue weighted by molar-refractivity contribution is -0.143. The maximum absolute atomic E-state index is 13.2. The van der Waals surface area contributed by atoms with Crippen molar-refractivity contribution in [3.63, 3.8) is 0 Å². The molecule has 1 spiro atoms. The molecule has 1 saturated carbocycles. The summed E-state index contributed by atoms with van der Waals surface area (Å²) in [6, 6.07) is 6.74. The fourth-order valence-corrected chi connectivity index (χ4v) is 5.17. The van der Waals surface area contributed by atoms with Gasteiger partial charge in [0, 0.05) is 11.0 Å². The highest BCUT2D eigenvalue weighted by Gasteiger charge is 2.55. The average Bonchev–Trinajstić information content (AvgIpc) is 3.35. The maximum atomic E-state index is 13.2. The predicted octanol–water partition coefficient (Wildman–Crippen LogP) is 3.37. The average molecular weight is 434 g/mol. The van der Waals surface area contributed by atoms with E-state index in [1.54, 1.807) is 6.92 Å². The van der Waals surface area contributed by atoms with Gasteiger partial charge in [-0.15, -0.1) is 0 Å². The highest BCUT2D eigenvalue weighted by Crippen LogP contribution is 2.37. The molecule has 2 saturated heterocycles. The van der Waals surface area contributed by atoms with Crippen molar-refractivity contribution >= 4 is 33.8 Å². The van der Waals surface area contributed by atoms with Crippen LogP contribution in [0.15, 0.2) is 28.7 Å². The van der Waals surface area contributed by atoms with E-state index >= 15 is 0 Å². The number of nitrogens with one attached hydrogen (secondary N) is 1. The molecule has 2 heterocycles. The van der Waals surface area contributed by atoms with Gasteiger partial charge in [0.25, 0.3) is 5.91 Å². The summed E-state index contributed by atoms with van der Waals surface area (Å²) in [5, 5.41) is 2.87. The second-order valence-electron chi connectivity index (χ2n) is 7.82. The van der Waals surface area contributed by atoms with Gasteiger partial charge in [0.05, 0.1) is 6.04 Å². The first-order valence-corrected chi connectivity index (χ1v) is 10.4. The Morgan fingerprint density at radius 3 is 2.70 bits per heavy atom. The number of likely N-dealkylation sites (tertiary alicyclic amines) is 1. The Labute approximate surface area is 167 Å². The van der Waals surface area contributed by atoms with Crippen molar-refractivity contribution in [1.82, 2.24) is 15.1 Å². The molecule has 1 N–H and O–H groups in total. The highest BCUT2D eigenvalue weighted by molar-refractivity contribution is 9.10. The van der Waals surface area contributed by atoms with Crippen LogP contribution in [0.5, 0.6) is 0 Å². The second kappa shape index (κ2) is 6.93. The van der Waals surface area contributed by atoms with Crippen LogP contribution in [-0.4, -0.2) is 45.8 Å². The molecular formula is C20H24BrN3O3. The Morgan fingerprint density at radius 1 is 1.26 bits per heavy atom. The van der Waals surface area contributed by atoms with Crippen LogP contribution < -0.4 is 5.32 Å². The molecule has 2 aliphatic heterocycles. The number of amides is 4. The predicted molar refractivity (Wildman–Crippen MR) is 104 cm³/mol. The van der Waals surface area contributed by atoms with Gasteiger partial charge in [0.15, 0.2) is 0 Å². The van der Waals surface area contributed by atoms with Gasteiger partial charge in [0.2, 0.25) is 5.91 Å². The first-order chi connectivity index (χ1) is 12.9. The molecule has 4 rings (SSSR count). The topological polar surface area (TPSA) is 69.7 Å². The quantitative estimate of drug-likeness (QED) is 0.742. The molecule has 0 radical (unpaired) electrons. The Bertz CT molecular complexity index is 790. The van der Waals surface area contributed by atoms with E-state index in [4.69, 9.17) is 0 Å². The molecule has 0 bridgehead atoms. The molecule has 1 aromatic carbocycles. The summed E-state index contributed by atoms with van der Waals surface area (Å²) in [6.07, 6.45) is 5.00. The molecule has 2 atom stereocenters. The van der Waals surface area contributed by atoms with Crippen molar-refractivity contribution in [2.75, 3.05) is 6.54 Å². The number of halogens is 1. The molecule has 1 aliphatic carbocycles. The van der Waals surface area contributed by atoms with Crippen molar-refractivity contribution in [2.24, 2.45) is 0 Å². The lowest BCUT2D eigenvalue weighted by Gasteiger charge is -2.31. The van der Waals surface area contributed by atoms with Crippen molar-refractivity contribution in [2.45, 2.75) is 63.1 Å². The van der Waals surface area contributed by atoms with E-state index in [-0.39, 0.29) is 17.9 Å². The molecule has 4 amide bonds. The summed E-state index contributed by atoms with van der Waals surface area (Å²) < 4.78 is 0.977. The molecule has 1 aromatic rings. The minimum absolute atomic E-state index is 0.0151. The zero-order valence-corrected chi connectivity index (χ0v) is 17.0. The monoisotopic (exact) mass is 433 g/mol. The number of imide groups is 1. The summed E-state index contributed by atoms with van der Waals surface area (Å²) in [6.45, 7) is 2.32. The zero-order valence-electron chi connectivity index (χ0n) is 15.4. The molecule has 27 heavy (non-hydrogen) atoms. The van der Waals surface area contributed by atoms with Gasteiger partial charge in [-0.05, 0) is 50.3 Å². The van der Waals surface area contributed by atoms with Gasteiger partial charge in [-0.2, -0.15) is 0 Å². The number of nitrogens with zero attached hydrogens (tertiary/aromatic N) is 2. The van der Waals surface area contributed by atoms with Crippen molar-refractivity contribution in [3.8, 4) is 0 Å². The highest BCUT2D eigenvalue weighted by atomic mass is 79.9. The molecule has 144 valence electrons. The van der Waals surface area contributed by atoms with Crippen molar-refractivity contribution in [3.05, 3.63) is 34.3 Å². The third kappa shape index (κ3) is 3.06. The Morgan fingerprint density at radius 2 is 2.00 bits per heavy atom. The van der Waals surface area contributed by atoms with Crippen molar-refractivity contribution < 1.29 is 14.4 Å². The Kier molecular flexibility index (Phi) is 4.74. The van der Waals surface area contributed by atoms with Gasteiger partial charge >= 0.3 is 6.03 Å². The fraction of sp³-hybridized carbons (Fsp3) is 0.550. The van der Waals surface area contributed by atoms with Crippen LogP contribution in [0, 0.1) is 0 Å². The Balaban J connectivity index is 1.55. The Hall–Kier alpha value is -1.89. The van der Waals surface area contributed by atoms with Gasteiger partial charge in [-0.25, -0.2) is 9.69 Å². The number of carbonyl (C=O) groups excluding carboxylic acids is 3. The molecule has 3 aliphatic rings. The second-order valence-corrected chi connectivity index (χ2v) is 8.73. The zero-order chi connectivity index (χ0) is 19.2. The van der Waals surface area contributed by atoms with E-state index in [0.717, 1.165) is 40.6 Å². The van der Waals surface area contributed by atoms with Crippen LogP contribution in [0.1, 0.15) is 57.1 Å². The molecule has 2 unspecified atom stereocenters. The van der Waals surface area contributed by atoms with Gasteiger partial charge < -0.3 is 10.2 Å². The fourth-order valence-electron chi connectivity index (χ4n) is 4.75. The largest absolute Gasteiger partial charge is 0.334 e. The van der Waals surface area contributed by atoms with Crippen LogP contribution >= 0.6 is 15.9 Å². The normalized spacial score (nSPS) is 25.3. The molecule has 3 fully saturated rings. The third-order valence-corrected chi connectivity index (χ3v) is 6.66. The van der Waals surface area contributed by atoms with E-state index in [1.807, 2.05) is 29.2 Å². The molecule has 7 heteroatoms. The minimum atomic E-state index is -0.787. The van der Waals surface area contributed by atoms with Gasteiger partial charge in [-0.1, -0.05) is 40.9 Å². The molecule has 0 aromatic heterocycles. The first-order valence-electron chi connectivity index (χ1n) is 9.65. The lowest BCUT2D eigenvalue weighted by Crippen LogP contribution is -2.50. The van der Waals surface area contributed by atoms with Crippen LogP contribution in [0.3, 0.4) is 0 Å². The van der Waals surface area contributed by atoms with E-state index in [9.17, 15) is 14.4 Å². The number of hydrogen-bond acceptors (Lipinski definition) is 3. The number of rotatable bonds is 3. The number of hydrogen-bond donors (Lipinski definition) is 1. The third-order valence-electron chi connectivity index (χ3n) is 6.16. The number of urea groups is 1. The van der Waals surface area contributed by atoms with Crippen LogP contribution in [-0.2, 0) is 9.59 Å². The molecular weight excluding hydrogens is 410 g/mol. The van der Waals surface area contributed by atoms with Gasteiger partial charge in [-0.3, -0.25) is 9.59 Å². The summed E-state index contributed by atoms with van der Waals surface area (Å²) >= 11 is 3.49. The van der Waals surface area contributed by atoms with Crippen LogP contribution in [0.4, 0.5) is 4.79 Å². The van der Waals surface area contributed by atoms with E-state index in [0.29, 0.717) is 19.4 Å². The van der Waals surface area contributed by atoms with Crippen LogP contribution in [0.25, 0.3) is 0 Å². The van der Waals surface area contributed by atoms with Gasteiger partial charge in [0.1, 0.15) is 11.6 Å². The van der Waals surface area contributed by atoms with Crippen LogP contribution in [0.2, 0.25) is 0 Å². The summed E-state index contributed by atoms with van der Waals surface area (Å²) in [7, 11) is 0. The maximum Gasteiger partial charge on any atom is 0.325 e. The lowest BCUT2D eigenvalue weighted by atomic mass is 9.97. The summed E-state index contributed by atoms with van der Waals surface area (Å²) in [5.74, 6) is -0.389. The summed E-state index contributed by atoms with van der Waals surface area (Å²) in [5.41, 5.74) is 0.298. The van der Waals surface area contributed by atoms with E-state index in [2.05, 4.69) is 21.2 Å². The van der Waals surface area contributed by atoms with Crippen molar-refractivity contribution in [1.29, 1.82) is 0 Å². The first kappa shape index (κ1) is 18.5. The SMILES string of the molecule is CC(C(=O)N1CCCC1c1cccc(Br)c1)N1C(=O)NC2(CCCC2)C1=O. The van der Waals surface area contributed by atoms with E-state index < -0.39 is 17.6 Å². The summed E-state index contributed by atoms with van der Waals surface area (Å²) in [4.78, 5) is 41.7. The van der Waals surface area contributed by atoms with E-state index in [1.165, 1.54) is 0 Å².